The molecule has 0 radical (unpaired) electrons. The van der Waals surface area contributed by atoms with Gasteiger partial charge < -0.3 is 14.5 Å². The Morgan fingerprint density at radius 3 is 2.73 bits per heavy atom. The summed E-state index contributed by atoms with van der Waals surface area (Å²) >= 11 is 0. The first-order valence-corrected chi connectivity index (χ1v) is 10.5. The van der Waals surface area contributed by atoms with Crippen molar-refractivity contribution in [3.05, 3.63) is 81.9 Å². The second-order valence-corrected chi connectivity index (χ2v) is 7.73. The molecule has 0 spiro atoms. The number of methoxy groups -OCH3 is 1. The van der Waals surface area contributed by atoms with E-state index in [1.54, 1.807) is 18.2 Å². The lowest BCUT2D eigenvalue weighted by Gasteiger charge is -2.07. The van der Waals surface area contributed by atoms with E-state index >= 15 is 0 Å². The molecule has 1 amide bonds. The highest BCUT2D eigenvalue weighted by molar-refractivity contribution is 6.05. The molecule has 1 aromatic heterocycles. The van der Waals surface area contributed by atoms with Crippen LogP contribution in [0, 0.1) is 10.1 Å². The van der Waals surface area contributed by atoms with Crippen molar-refractivity contribution in [2.75, 3.05) is 12.4 Å². The number of anilines is 1. The van der Waals surface area contributed by atoms with Crippen molar-refractivity contribution in [2.24, 2.45) is 0 Å². The normalized spacial score (nSPS) is 11.8. The Bertz CT molecular complexity index is 1350. The van der Waals surface area contributed by atoms with Gasteiger partial charge in [0, 0.05) is 22.9 Å². The van der Waals surface area contributed by atoms with E-state index in [0.717, 1.165) is 11.9 Å². The van der Waals surface area contributed by atoms with Gasteiger partial charge in [0.25, 0.3) is 5.91 Å². The zero-order valence-electron chi connectivity index (χ0n) is 18.5. The average Bonchev–Trinajstić information content (AvgIpc) is 3.26. The number of amides is 1. The maximum atomic E-state index is 12.7. The molecule has 4 aromatic rings. The van der Waals surface area contributed by atoms with E-state index in [1.165, 1.54) is 30.9 Å². The van der Waals surface area contributed by atoms with Crippen LogP contribution in [0.2, 0.25) is 0 Å². The molecule has 8 nitrogen and oxygen atoms in total. The van der Waals surface area contributed by atoms with Gasteiger partial charge in [0.1, 0.15) is 5.52 Å². The van der Waals surface area contributed by atoms with Gasteiger partial charge in [0.05, 0.1) is 12.0 Å². The summed E-state index contributed by atoms with van der Waals surface area (Å²) in [5.41, 5.74) is 3.77. The summed E-state index contributed by atoms with van der Waals surface area (Å²) in [5, 5.41) is 14.0. The molecule has 8 heteroatoms. The van der Waals surface area contributed by atoms with Crippen LogP contribution in [-0.2, 0) is 0 Å². The Kier molecular flexibility index (Phi) is 6.08. The third kappa shape index (κ3) is 4.55. The number of nitrogens with one attached hydrogen (secondary N) is 1. The Labute approximate surface area is 190 Å². The number of rotatable bonds is 7. The number of carbonyl (C=O) groups is 1. The molecule has 0 aliphatic rings. The van der Waals surface area contributed by atoms with E-state index < -0.39 is 10.8 Å². The van der Waals surface area contributed by atoms with Crippen LogP contribution in [-0.4, -0.2) is 22.9 Å². The van der Waals surface area contributed by atoms with Crippen LogP contribution < -0.4 is 10.1 Å². The molecule has 0 aliphatic carbocycles. The van der Waals surface area contributed by atoms with E-state index in [-0.39, 0.29) is 17.0 Å². The highest BCUT2D eigenvalue weighted by atomic mass is 16.6. The Hall–Kier alpha value is -4.20. The Morgan fingerprint density at radius 2 is 2.00 bits per heavy atom. The molecule has 0 saturated carbocycles. The number of hydrogen-bond donors (Lipinski definition) is 1. The second kappa shape index (κ2) is 9.12. The standard InChI is InChI=1S/C25H23N3O5/c1-4-15(2)16-8-10-22-20(13-16)27-25(33-22)18-6-5-7-19(12-18)26-24(29)17-9-11-23(32-3)21(14-17)28(30)31/h5-15H,4H2,1-3H3,(H,26,29)/t15-/m1/s1. The number of nitro groups is 1. The molecule has 0 fully saturated rings. The maximum absolute atomic E-state index is 12.7. The van der Waals surface area contributed by atoms with Crippen LogP contribution >= 0.6 is 0 Å². The molecule has 0 unspecified atom stereocenters. The highest BCUT2D eigenvalue weighted by Gasteiger charge is 2.19. The van der Waals surface area contributed by atoms with Crippen molar-refractivity contribution >= 4 is 28.4 Å². The summed E-state index contributed by atoms with van der Waals surface area (Å²) in [6.07, 6.45) is 1.04. The molecule has 1 N–H and O–H groups in total. The SMILES string of the molecule is CC[C@@H](C)c1ccc2oc(-c3cccc(NC(=O)c4ccc(OC)c([N+](=O)[O-])c4)c3)nc2c1. The topological polar surface area (TPSA) is 108 Å². The lowest BCUT2D eigenvalue weighted by atomic mass is 9.98. The number of nitrogens with zero attached hydrogens (tertiary/aromatic N) is 2. The predicted octanol–water partition coefficient (Wildman–Crippen LogP) is 6.18. The quantitative estimate of drug-likeness (QED) is 0.269. The molecule has 3 aromatic carbocycles. The van der Waals surface area contributed by atoms with Gasteiger partial charge in [-0.1, -0.05) is 26.0 Å². The van der Waals surface area contributed by atoms with Gasteiger partial charge in [-0.3, -0.25) is 14.9 Å². The Morgan fingerprint density at radius 1 is 1.18 bits per heavy atom. The summed E-state index contributed by atoms with van der Waals surface area (Å²) in [4.78, 5) is 28.0. The van der Waals surface area contributed by atoms with Gasteiger partial charge in [-0.05, 0) is 60.4 Å². The Balaban J connectivity index is 1.59. The van der Waals surface area contributed by atoms with Crippen molar-refractivity contribution in [3.63, 3.8) is 0 Å². The van der Waals surface area contributed by atoms with Gasteiger partial charge in [-0.25, -0.2) is 4.98 Å². The summed E-state index contributed by atoms with van der Waals surface area (Å²) in [6, 6.07) is 17.2. The smallest absolute Gasteiger partial charge is 0.311 e. The number of hydrogen-bond acceptors (Lipinski definition) is 6. The molecule has 168 valence electrons. The molecule has 0 saturated heterocycles. The van der Waals surface area contributed by atoms with E-state index in [0.29, 0.717) is 28.6 Å². The van der Waals surface area contributed by atoms with Gasteiger partial charge >= 0.3 is 5.69 Å². The monoisotopic (exact) mass is 445 g/mol. The second-order valence-electron chi connectivity index (χ2n) is 7.73. The lowest BCUT2D eigenvalue weighted by molar-refractivity contribution is -0.385. The lowest BCUT2D eigenvalue weighted by Crippen LogP contribution is -2.12. The van der Waals surface area contributed by atoms with Crippen molar-refractivity contribution < 1.29 is 18.9 Å². The fraction of sp³-hybridized carbons (Fsp3) is 0.200. The summed E-state index contributed by atoms with van der Waals surface area (Å²) in [6.45, 7) is 4.32. The van der Waals surface area contributed by atoms with Crippen LogP contribution in [0.25, 0.3) is 22.6 Å². The zero-order valence-corrected chi connectivity index (χ0v) is 18.5. The molecule has 1 atom stereocenters. The van der Waals surface area contributed by atoms with Gasteiger partial charge in [-0.2, -0.15) is 0 Å². The van der Waals surface area contributed by atoms with Gasteiger partial charge in [0.15, 0.2) is 11.3 Å². The molecule has 0 bridgehead atoms. The van der Waals surface area contributed by atoms with E-state index in [2.05, 4.69) is 30.2 Å². The van der Waals surface area contributed by atoms with Crippen molar-refractivity contribution in [3.8, 4) is 17.2 Å². The molecular formula is C25H23N3O5. The van der Waals surface area contributed by atoms with E-state index in [1.807, 2.05) is 18.2 Å². The summed E-state index contributed by atoms with van der Waals surface area (Å²) in [7, 11) is 1.34. The average molecular weight is 445 g/mol. The minimum absolute atomic E-state index is 0.0889. The number of oxazole rings is 1. The minimum atomic E-state index is -0.587. The molecule has 33 heavy (non-hydrogen) atoms. The summed E-state index contributed by atoms with van der Waals surface area (Å²) < 4.78 is 10.9. The number of ether oxygens (including phenoxy) is 1. The first kappa shape index (κ1) is 22.0. The van der Waals surface area contributed by atoms with Gasteiger partial charge in [0.2, 0.25) is 5.89 Å². The van der Waals surface area contributed by atoms with Crippen LogP contribution in [0.15, 0.2) is 65.1 Å². The minimum Gasteiger partial charge on any atom is -0.490 e. The van der Waals surface area contributed by atoms with Crippen LogP contribution in [0.3, 0.4) is 0 Å². The first-order valence-electron chi connectivity index (χ1n) is 10.5. The number of carbonyl (C=O) groups excluding carboxylic acids is 1. The number of benzene rings is 3. The third-order valence-corrected chi connectivity index (χ3v) is 5.60. The number of aromatic nitrogens is 1. The predicted molar refractivity (Wildman–Crippen MR) is 126 cm³/mol. The van der Waals surface area contributed by atoms with Crippen LogP contribution in [0.1, 0.15) is 42.1 Å². The van der Waals surface area contributed by atoms with Crippen LogP contribution in [0.5, 0.6) is 5.75 Å². The fourth-order valence-electron chi connectivity index (χ4n) is 3.52. The fourth-order valence-corrected chi connectivity index (χ4v) is 3.52. The molecule has 4 rings (SSSR count). The third-order valence-electron chi connectivity index (χ3n) is 5.60. The highest BCUT2D eigenvalue weighted by Crippen LogP contribution is 2.30. The molecule has 0 aliphatic heterocycles. The van der Waals surface area contributed by atoms with Gasteiger partial charge in [-0.15, -0.1) is 0 Å². The van der Waals surface area contributed by atoms with E-state index in [4.69, 9.17) is 9.15 Å². The number of fused-ring (bicyclic) bond motifs is 1. The zero-order chi connectivity index (χ0) is 23.5. The first-order chi connectivity index (χ1) is 15.9. The van der Waals surface area contributed by atoms with E-state index in [9.17, 15) is 14.9 Å². The van der Waals surface area contributed by atoms with Crippen molar-refractivity contribution in [1.29, 1.82) is 0 Å². The summed E-state index contributed by atoms with van der Waals surface area (Å²) in [5.74, 6) is 0.490. The largest absolute Gasteiger partial charge is 0.490 e. The molecular weight excluding hydrogens is 422 g/mol. The van der Waals surface area contributed by atoms with Crippen molar-refractivity contribution in [1.82, 2.24) is 4.98 Å². The number of nitro benzene ring substituents is 1. The molecule has 1 heterocycles. The van der Waals surface area contributed by atoms with Crippen molar-refractivity contribution in [2.45, 2.75) is 26.2 Å². The maximum Gasteiger partial charge on any atom is 0.311 e. The van der Waals surface area contributed by atoms with Crippen LogP contribution in [0.4, 0.5) is 11.4 Å².